The van der Waals surface area contributed by atoms with E-state index in [1.54, 1.807) is 6.20 Å². The molecule has 0 atom stereocenters. The molecule has 0 saturated heterocycles. The first-order valence-corrected chi connectivity index (χ1v) is 6.69. The van der Waals surface area contributed by atoms with E-state index in [2.05, 4.69) is 10.3 Å². The van der Waals surface area contributed by atoms with Gasteiger partial charge < -0.3 is 10.2 Å². The zero-order chi connectivity index (χ0) is 13.0. The number of amides is 1. The number of carbonyl (C=O) groups excluding carboxylic acids is 1. The summed E-state index contributed by atoms with van der Waals surface area (Å²) < 4.78 is 0. The van der Waals surface area contributed by atoms with E-state index in [4.69, 9.17) is 0 Å². The monoisotopic (exact) mass is 247 g/mol. The molecular weight excluding hydrogens is 226 g/mol. The molecule has 0 spiro atoms. The van der Waals surface area contributed by atoms with Crippen molar-refractivity contribution in [3.8, 4) is 0 Å². The maximum absolute atomic E-state index is 12.3. The van der Waals surface area contributed by atoms with E-state index in [0.717, 1.165) is 25.2 Å². The van der Waals surface area contributed by atoms with Gasteiger partial charge in [0.15, 0.2) is 0 Å². The van der Waals surface area contributed by atoms with Crippen molar-refractivity contribution >= 4 is 11.7 Å². The SMILES string of the molecule is CCNc1ccc(C(=O)N(C)C2CCCC2)cn1. The maximum Gasteiger partial charge on any atom is 0.255 e. The summed E-state index contributed by atoms with van der Waals surface area (Å²) in [4.78, 5) is 18.4. The Bertz CT molecular complexity index is 396. The van der Waals surface area contributed by atoms with Crippen LogP contribution in [0.15, 0.2) is 18.3 Å². The average molecular weight is 247 g/mol. The smallest absolute Gasteiger partial charge is 0.255 e. The largest absolute Gasteiger partial charge is 0.370 e. The molecule has 1 heterocycles. The average Bonchev–Trinajstić information content (AvgIpc) is 2.92. The number of aromatic nitrogens is 1. The maximum atomic E-state index is 12.3. The Balaban J connectivity index is 2.03. The van der Waals surface area contributed by atoms with Crippen molar-refractivity contribution in [2.45, 2.75) is 38.6 Å². The van der Waals surface area contributed by atoms with Crippen molar-refractivity contribution in [3.63, 3.8) is 0 Å². The van der Waals surface area contributed by atoms with Crippen molar-refractivity contribution in [1.82, 2.24) is 9.88 Å². The topological polar surface area (TPSA) is 45.2 Å². The van der Waals surface area contributed by atoms with Gasteiger partial charge in [-0.15, -0.1) is 0 Å². The second kappa shape index (κ2) is 5.85. The second-order valence-corrected chi connectivity index (χ2v) is 4.82. The molecule has 18 heavy (non-hydrogen) atoms. The van der Waals surface area contributed by atoms with Gasteiger partial charge in [-0.05, 0) is 31.9 Å². The van der Waals surface area contributed by atoms with Gasteiger partial charge in [-0.3, -0.25) is 4.79 Å². The Kier molecular flexibility index (Phi) is 4.18. The molecule has 0 unspecified atom stereocenters. The number of hydrogen-bond acceptors (Lipinski definition) is 3. The van der Waals surface area contributed by atoms with E-state index in [0.29, 0.717) is 11.6 Å². The van der Waals surface area contributed by atoms with Gasteiger partial charge in [-0.2, -0.15) is 0 Å². The minimum Gasteiger partial charge on any atom is -0.370 e. The van der Waals surface area contributed by atoms with Crippen molar-refractivity contribution in [3.05, 3.63) is 23.9 Å². The number of pyridine rings is 1. The lowest BCUT2D eigenvalue weighted by Crippen LogP contribution is -2.35. The number of rotatable bonds is 4. The Morgan fingerprint density at radius 3 is 2.72 bits per heavy atom. The van der Waals surface area contributed by atoms with Crippen molar-refractivity contribution in [2.24, 2.45) is 0 Å². The van der Waals surface area contributed by atoms with Gasteiger partial charge in [-0.25, -0.2) is 4.98 Å². The summed E-state index contributed by atoms with van der Waals surface area (Å²) in [5.74, 6) is 0.898. The second-order valence-electron chi connectivity index (χ2n) is 4.82. The standard InChI is InChI=1S/C14H21N3O/c1-3-15-13-9-8-11(10-16-13)14(18)17(2)12-6-4-5-7-12/h8-10,12H,3-7H2,1-2H3,(H,15,16). The van der Waals surface area contributed by atoms with Crippen molar-refractivity contribution in [1.29, 1.82) is 0 Å². The molecule has 98 valence electrons. The normalized spacial score (nSPS) is 15.7. The number of carbonyl (C=O) groups is 1. The summed E-state index contributed by atoms with van der Waals surface area (Å²) in [6, 6.07) is 4.11. The van der Waals surface area contributed by atoms with E-state index in [9.17, 15) is 4.79 Å². The van der Waals surface area contributed by atoms with Crippen LogP contribution in [-0.2, 0) is 0 Å². The number of nitrogens with one attached hydrogen (secondary N) is 1. The lowest BCUT2D eigenvalue weighted by Gasteiger charge is -2.24. The van der Waals surface area contributed by atoms with Gasteiger partial charge >= 0.3 is 0 Å². The fraction of sp³-hybridized carbons (Fsp3) is 0.571. The molecule has 1 aromatic rings. The molecule has 4 nitrogen and oxygen atoms in total. The molecule has 1 N–H and O–H groups in total. The van der Waals surface area contributed by atoms with Crippen LogP contribution in [0.2, 0.25) is 0 Å². The predicted molar refractivity (Wildman–Crippen MR) is 72.8 cm³/mol. The van der Waals surface area contributed by atoms with Crippen LogP contribution in [0.5, 0.6) is 0 Å². The number of hydrogen-bond donors (Lipinski definition) is 1. The first-order valence-electron chi connectivity index (χ1n) is 6.69. The highest BCUT2D eigenvalue weighted by Crippen LogP contribution is 2.23. The van der Waals surface area contributed by atoms with Crippen LogP contribution in [0.4, 0.5) is 5.82 Å². The minimum atomic E-state index is 0.0810. The van der Waals surface area contributed by atoms with Gasteiger partial charge in [0.2, 0.25) is 0 Å². The van der Waals surface area contributed by atoms with E-state index in [-0.39, 0.29) is 5.91 Å². The molecule has 0 aromatic carbocycles. The van der Waals surface area contributed by atoms with Gasteiger partial charge in [0.05, 0.1) is 5.56 Å². The van der Waals surface area contributed by atoms with Crippen LogP contribution < -0.4 is 5.32 Å². The fourth-order valence-electron chi connectivity index (χ4n) is 2.47. The molecule has 1 amide bonds. The van der Waals surface area contributed by atoms with E-state index < -0.39 is 0 Å². The summed E-state index contributed by atoms with van der Waals surface area (Å²) >= 11 is 0. The Labute approximate surface area is 108 Å². The summed E-state index contributed by atoms with van der Waals surface area (Å²) in [6.45, 7) is 2.86. The molecule has 1 aliphatic rings. The highest BCUT2D eigenvalue weighted by atomic mass is 16.2. The van der Waals surface area contributed by atoms with Gasteiger partial charge in [-0.1, -0.05) is 12.8 Å². The van der Waals surface area contributed by atoms with Crippen LogP contribution in [0.1, 0.15) is 43.0 Å². The lowest BCUT2D eigenvalue weighted by atomic mass is 10.2. The van der Waals surface area contributed by atoms with E-state index >= 15 is 0 Å². The first-order chi connectivity index (χ1) is 8.72. The van der Waals surface area contributed by atoms with E-state index in [1.165, 1.54) is 12.8 Å². The van der Waals surface area contributed by atoms with Crippen LogP contribution >= 0.6 is 0 Å². The Hall–Kier alpha value is -1.58. The summed E-state index contributed by atoms with van der Waals surface area (Å²) in [7, 11) is 1.90. The Morgan fingerprint density at radius 2 is 2.17 bits per heavy atom. The summed E-state index contributed by atoms with van der Waals surface area (Å²) in [5.41, 5.74) is 0.672. The third kappa shape index (κ3) is 2.81. The third-order valence-corrected chi connectivity index (χ3v) is 3.56. The minimum absolute atomic E-state index is 0.0810. The van der Waals surface area contributed by atoms with Crippen LogP contribution in [0.25, 0.3) is 0 Å². The van der Waals surface area contributed by atoms with Crippen LogP contribution in [0.3, 0.4) is 0 Å². The first kappa shape index (κ1) is 12.9. The predicted octanol–water partition coefficient (Wildman–Crippen LogP) is 2.53. The summed E-state index contributed by atoms with van der Waals surface area (Å²) in [5, 5.41) is 3.12. The van der Waals surface area contributed by atoms with E-state index in [1.807, 2.05) is 31.0 Å². The molecule has 2 rings (SSSR count). The molecular formula is C14H21N3O. The molecule has 0 aliphatic heterocycles. The van der Waals surface area contributed by atoms with Crippen molar-refractivity contribution < 1.29 is 4.79 Å². The quantitative estimate of drug-likeness (QED) is 0.889. The number of anilines is 1. The van der Waals surface area contributed by atoms with Gasteiger partial charge in [0, 0.05) is 25.8 Å². The Morgan fingerprint density at radius 1 is 1.44 bits per heavy atom. The molecule has 0 bridgehead atoms. The van der Waals surface area contributed by atoms with Gasteiger partial charge in [0.25, 0.3) is 5.91 Å². The fourth-order valence-corrected chi connectivity index (χ4v) is 2.47. The summed E-state index contributed by atoms with van der Waals surface area (Å²) in [6.07, 6.45) is 6.39. The highest BCUT2D eigenvalue weighted by molar-refractivity contribution is 5.94. The van der Waals surface area contributed by atoms with Crippen molar-refractivity contribution in [2.75, 3.05) is 18.9 Å². The van der Waals surface area contributed by atoms with Gasteiger partial charge in [0.1, 0.15) is 5.82 Å². The number of nitrogens with zero attached hydrogens (tertiary/aromatic N) is 2. The lowest BCUT2D eigenvalue weighted by molar-refractivity contribution is 0.0735. The molecule has 4 heteroatoms. The highest BCUT2D eigenvalue weighted by Gasteiger charge is 2.24. The molecule has 1 saturated carbocycles. The zero-order valence-electron chi connectivity index (χ0n) is 11.1. The molecule has 1 aromatic heterocycles. The molecule has 1 fully saturated rings. The third-order valence-electron chi connectivity index (χ3n) is 3.56. The molecule has 0 radical (unpaired) electrons. The van der Waals surface area contributed by atoms with Crippen LogP contribution in [0, 0.1) is 0 Å². The van der Waals surface area contributed by atoms with Crippen LogP contribution in [-0.4, -0.2) is 35.4 Å². The zero-order valence-corrected chi connectivity index (χ0v) is 11.1. The molecule has 1 aliphatic carbocycles.